The van der Waals surface area contributed by atoms with Crippen LogP contribution in [0.3, 0.4) is 0 Å². The molecule has 138 valence electrons. The van der Waals surface area contributed by atoms with Crippen molar-refractivity contribution in [2.24, 2.45) is 0 Å². The van der Waals surface area contributed by atoms with Gasteiger partial charge in [-0.2, -0.15) is 0 Å². The van der Waals surface area contributed by atoms with Gasteiger partial charge in [0.1, 0.15) is 5.75 Å². The lowest BCUT2D eigenvalue weighted by molar-refractivity contribution is 0.0976. The summed E-state index contributed by atoms with van der Waals surface area (Å²) in [5.41, 5.74) is 7.57. The second kappa shape index (κ2) is 6.35. The van der Waals surface area contributed by atoms with E-state index in [1.165, 1.54) is 12.1 Å². The van der Waals surface area contributed by atoms with Crippen LogP contribution < -0.4 is 11.1 Å². The van der Waals surface area contributed by atoms with Gasteiger partial charge in [0, 0.05) is 16.8 Å². The number of nitrogen functional groups attached to an aromatic ring is 1. The summed E-state index contributed by atoms with van der Waals surface area (Å²) in [5, 5.41) is 13.1. The first kappa shape index (κ1) is 17.5. The molecule has 1 aliphatic carbocycles. The molecule has 6 heteroatoms. The fourth-order valence-electron chi connectivity index (χ4n) is 3.32. The average Bonchev–Trinajstić information content (AvgIpc) is 2.69. The SMILES string of the molecule is Cc1ccc(NC(=O)c2cc(O)c3c(c2N)C(=O)c2ccccc2C3=O)cc1. The average molecular weight is 372 g/mol. The highest BCUT2D eigenvalue weighted by molar-refractivity contribution is 6.32. The second-order valence-corrected chi connectivity index (χ2v) is 6.63. The minimum Gasteiger partial charge on any atom is -0.507 e. The third-order valence-corrected chi connectivity index (χ3v) is 4.77. The van der Waals surface area contributed by atoms with E-state index < -0.39 is 23.2 Å². The van der Waals surface area contributed by atoms with Crippen LogP contribution in [0.2, 0.25) is 0 Å². The fraction of sp³-hybridized carbons (Fsp3) is 0.0455. The highest BCUT2D eigenvalue weighted by Gasteiger charge is 2.35. The number of nitrogens with one attached hydrogen (secondary N) is 1. The molecule has 0 saturated heterocycles. The van der Waals surface area contributed by atoms with Gasteiger partial charge in [0.2, 0.25) is 0 Å². The van der Waals surface area contributed by atoms with E-state index in [1.54, 1.807) is 24.3 Å². The smallest absolute Gasteiger partial charge is 0.257 e. The van der Waals surface area contributed by atoms with Crippen LogP contribution in [0.4, 0.5) is 11.4 Å². The highest BCUT2D eigenvalue weighted by atomic mass is 16.3. The summed E-state index contributed by atoms with van der Waals surface area (Å²) in [7, 11) is 0. The normalized spacial score (nSPS) is 12.3. The Bertz CT molecular complexity index is 1160. The van der Waals surface area contributed by atoms with Gasteiger partial charge < -0.3 is 16.2 Å². The van der Waals surface area contributed by atoms with Crippen molar-refractivity contribution in [2.45, 2.75) is 6.92 Å². The van der Waals surface area contributed by atoms with Crippen molar-refractivity contribution in [1.82, 2.24) is 0 Å². The second-order valence-electron chi connectivity index (χ2n) is 6.63. The highest BCUT2D eigenvalue weighted by Crippen LogP contribution is 2.38. The summed E-state index contributed by atoms with van der Waals surface area (Å²) >= 11 is 0. The first-order valence-electron chi connectivity index (χ1n) is 8.60. The Kier molecular flexibility index (Phi) is 3.96. The summed E-state index contributed by atoms with van der Waals surface area (Å²) in [6.45, 7) is 1.92. The van der Waals surface area contributed by atoms with Crippen molar-refractivity contribution in [3.05, 3.63) is 88.0 Å². The molecule has 6 nitrogen and oxygen atoms in total. The molecule has 0 radical (unpaired) electrons. The quantitative estimate of drug-likeness (QED) is 0.369. The molecular weight excluding hydrogens is 356 g/mol. The molecule has 0 fully saturated rings. The topological polar surface area (TPSA) is 109 Å². The number of amides is 1. The van der Waals surface area contributed by atoms with E-state index in [2.05, 4.69) is 5.32 Å². The number of carbonyl (C=O) groups is 3. The van der Waals surface area contributed by atoms with Crippen molar-refractivity contribution in [3.63, 3.8) is 0 Å². The van der Waals surface area contributed by atoms with Gasteiger partial charge in [0.05, 0.1) is 22.4 Å². The van der Waals surface area contributed by atoms with Crippen molar-refractivity contribution in [2.75, 3.05) is 11.1 Å². The van der Waals surface area contributed by atoms with E-state index in [0.29, 0.717) is 5.69 Å². The number of phenolic OH excluding ortho intramolecular Hbond substituents is 1. The number of carbonyl (C=O) groups excluding carboxylic acids is 3. The third-order valence-electron chi connectivity index (χ3n) is 4.77. The Morgan fingerprint density at radius 1 is 0.929 bits per heavy atom. The standard InChI is InChI=1S/C22H16N2O4/c1-11-6-8-12(9-7-11)24-22(28)15-10-16(25)17-18(19(15)23)21(27)14-5-3-2-4-13(14)20(17)26/h2-10,25H,23H2,1H3,(H,24,28). The lowest BCUT2D eigenvalue weighted by Gasteiger charge is -2.21. The van der Waals surface area contributed by atoms with Gasteiger partial charge >= 0.3 is 0 Å². The van der Waals surface area contributed by atoms with Gasteiger partial charge in [0.15, 0.2) is 11.6 Å². The molecule has 28 heavy (non-hydrogen) atoms. The number of fused-ring (bicyclic) bond motifs is 2. The summed E-state index contributed by atoms with van der Waals surface area (Å²) in [4.78, 5) is 38.4. The van der Waals surface area contributed by atoms with Gasteiger partial charge in [-0.25, -0.2) is 0 Å². The van der Waals surface area contributed by atoms with E-state index in [9.17, 15) is 19.5 Å². The lowest BCUT2D eigenvalue weighted by atomic mass is 9.81. The molecule has 0 atom stereocenters. The number of benzene rings is 3. The third kappa shape index (κ3) is 2.63. The number of hydrogen-bond acceptors (Lipinski definition) is 5. The molecule has 3 aromatic carbocycles. The molecule has 0 aliphatic heterocycles. The molecule has 0 heterocycles. The first-order valence-corrected chi connectivity index (χ1v) is 8.60. The Labute approximate surface area is 160 Å². The van der Waals surface area contributed by atoms with Gasteiger partial charge in [-0.05, 0) is 25.1 Å². The van der Waals surface area contributed by atoms with Gasteiger partial charge in [-0.3, -0.25) is 14.4 Å². The molecular formula is C22H16N2O4. The summed E-state index contributed by atoms with van der Waals surface area (Å²) in [5.74, 6) is -2.03. The first-order chi connectivity index (χ1) is 13.4. The van der Waals surface area contributed by atoms with Crippen LogP contribution in [0.5, 0.6) is 5.75 Å². The molecule has 1 amide bonds. The van der Waals surface area contributed by atoms with Crippen LogP contribution in [0, 0.1) is 6.92 Å². The van der Waals surface area contributed by atoms with Gasteiger partial charge in [0.25, 0.3) is 5.91 Å². The maximum Gasteiger partial charge on any atom is 0.257 e. The predicted octanol–water partition coefficient (Wildman–Crippen LogP) is 3.31. The lowest BCUT2D eigenvalue weighted by Crippen LogP contribution is -2.25. The molecule has 0 bridgehead atoms. The Hall–Kier alpha value is -3.93. The Morgan fingerprint density at radius 2 is 1.50 bits per heavy atom. The number of aromatic hydroxyl groups is 1. The fourth-order valence-corrected chi connectivity index (χ4v) is 3.32. The Balaban J connectivity index is 1.81. The molecule has 4 N–H and O–H groups in total. The summed E-state index contributed by atoms with van der Waals surface area (Å²) in [6, 6.07) is 14.6. The number of phenols is 1. The monoisotopic (exact) mass is 372 g/mol. The molecule has 0 unspecified atom stereocenters. The summed E-state index contributed by atoms with van der Waals surface area (Å²) in [6.07, 6.45) is 0. The van der Waals surface area contributed by atoms with E-state index in [-0.39, 0.29) is 33.5 Å². The molecule has 0 aromatic heterocycles. The van der Waals surface area contributed by atoms with Crippen LogP contribution >= 0.6 is 0 Å². The summed E-state index contributed by atoms with van der Waals surface area (Å²) < 4.78 is 0. The number of anilines is 2. The zero-order valence-corrected chi connectivity index (χ0v) is 14.9. The van der Waals surface area contributed by atoms with Crippen LogP contribution in [0.1, 0.15) is 47.8 Å². The van der Waals surface area contributed by atoms with E-state index in [4.69, 9.17) is 5.73 Å². The molecule has 1 aliphatic rings. The maximum absolute atomic E-state index is 12.9. The zero-order valence-electron chi connectivity index (χ0n) is 14.9. The van der Waals surface area contributed by atoms with Crippen LogP contribution in [0.25, 0.3) is 0 Å². The van der Waals surface area contributed by atoms with Crippen molar-refractivity contribution in [1.29, 1.82) is 0 Å². The van der Waals surface area contributed by atoms with Crippen molar-refractivity contribution >= 4 is 28.8 Å². The minimum atomic E-state index is -0.585. The number of rotatable bonds is 2. The van der Waals surface area contributed by atoms with E-state index in [1.807, 2.05) is 19.1 Å². The molecule has 3 aromatic rings. The largest absolute Gasteiger partial charge is 0.507 e. The Morgan fingerprint density at radius 3 is 2.11 bits per heavy atom. The van der Waals surface area contributed by atoms with Crippen LogP contribution in [-0.2, 0) is 0 Å². The predicted molar refractivity (Wildman–Crippen MR) is 105 cm³/mol. The minimum absolute atomic E-state index is 0.0719. The van der Waals surface area contributed by atoms with Crippen molar-refractivity contribution < 1.29 is 19.5 Å². The van der Waals surface area contributed by atoms with Gasteiger partial charge in [-0.1, -0.05) is 42.0 Å². The zero-order chi connectivity index (χ0) is 20.0. The van der Waals surface area contributed by atoms with E-state index >= 15 is 0 Å². The number of hydrogen-bond donors (Lipinski definition) is 3. The van der Waals surface area contributed by atoms with E-state index in [0.717, 1.165) is 11.6 Å². The van der Waals surface area contributed by atoms with Crippen LogP contribution in [-0.4, -0.2) is 22.6 Å². The maximum atomic E-state index is 12.9. The molecule has 4 rings (SSSR count). The molecule has 0 spiro atoms. The number of aryl methyl sites for hydroxylation is 1. The molecule has 0 saturated carbocycles. The van der Waals surface area contributed by atoms with Crippen LogP contribution in [0.15, 0.2) is 54.6 Å². The number of nitrogens with two attached hydrogens (primary N) is 1. The number of ketones is 2. The van der Waals surface area contributed by atoms with Gasteiger partial charge in [-0.15, -0.1) is 0 Å². The van der Waals surface area contributed by atoms with Crippen molar-refractivity contribution in [3.8, 4) is 5.75 Å².